The van der Waals surface area contributed by atoms with E-state index in [1.54, 1.807) is 0 Å². The third kappa shape index (κ3) is 2.94. The molecule has 7 heteroatoms. The van der Waals surface area contributed by atoms with Gasteiger partial charge in [-0.1, -0.05) is 19.1 Å². The van der Waals surface area contributed by atoms with E-state index in [4.69, 9.17) is 0 Å². The average molecular weight is 374 g/mol. The fourth-order valence-electron chi connectivity index (χ4n) is 4.60. The summed E-state index contributed by atoms with van der Waals surface area (Å²) in [5.41, 5.74) is 6.15. The molecule has 3 N–H and O–H groups in total. The highest BCUT2D eigenvalue weighted by Gasteiger charge is 2.51. The number of hydrazine groups is 1. The van der Waals surface area contributed by atoms with Crippen molar-refractivity contribution < 1.29 is 19.5 Å². The van der Waals surface area contributed by atoms with Gasteiger partial charge in [-0.3, -0.25) is 25.2 Å². The molecule has 1 saturated carbocycles. The number of carbonyl (C=O) groups excluding carboxylic acids is 2. The van der Waals surface area contributed by atoms with Crippen LogP contribution in [0.1, 0.15) is 39.9 Å². The molecule has 1 aromatic rings. The van der Waals surface area contributed by atoms with Gasteiger partial charge >= 0.3 is 5.97 Å². The van der Waals surface area contributed by atoms with Gasteiger partial charge in [-0.05, 0) is 55.1 Å². The van der Waals surface area contributed by atoms with Gasteiger partial charge in [0.05, 0.1) is 16.7 Å². The Hall–Kier alpha value is -2.15. The molecule has 2 amide bonds. The van der Waals surface area contributed by atoms with Crippen molar-refractivity contribution in [3.8, 4) is 0 Å². The van der Waals surface area contributed by atoms with E-state index >= 15 is 0 Å². The maximum atomic E-state index is 12.5. The van der Waals surface area contributed by atoms with E-state index in [1.807, 2.05) is 18.2 Å². The van der Waals surface area contributed by atoms with Gasteiger partial charge in [-0.25, -0.2) is 0 Å². The summed E-state index contributed by atoms with van der Waals surface area (Å²) in [5, 5.41) is 9.43. The molecule has 1 aromatic heterocycles. The first-order chi connectivity index (χ1) is 12.4. The molecule has 1 heterocycles. The van der Waals surface area contributed by atoms with Crippen molar-refractivity contribution in [3.63, 3.8) is 0 Å². The first kappa shape index (κ1) is 17.3. The first-order valence-electron chi connectivity index (χ1n) is 9.07. The fourth-order valence-corrected chi connectivity index (χ4v) is 5.70. The SMILES string of the molecule is C[C@@H]1CCc2sc(C(=O)NNC(=O)[C@@H]3[C@@H](C(=O)O)[C@H]4C=C[C@H]3C4)cc2C1. The van der Waals surface area contributed by atoms with Crippen molar-refractivity contribution in [1.82, 2.24) is 10.9 Å². The van der Waals surface area contributed by atoms with Crippen molar-refractivity contribution in [2.45, 2.75) is 32.6 Å². The van der Waals surface area contributed by atoms with Crippen LogP contribution >= 0.6 is 11.3 Å². The lowest BCUT2D eigenvalue weighted by Crippen LogP contribution is -2.48. The molecule has 0 saturated heterocycles. The summed E-state index contributed by atoms with van der Waals surface area (Å²) in [6, 6.07) is 1.91. The van der Waals surface area contributed by atoms with Gasteiger partial charge < -0.3 is 5.11 Å². The second-order valence-electron chi connectivity index (χ2n) is 7.69. The van der Waals surface area contributed by atoms with Crippen molar-refractivity contribution in [3.05, 3.63) is 33.5 Å². The lowest BCUT2D eigenvalue weighted by molar-refractivity contribution is -0.148. The zero-order valence-electron chi connectivity index (χ0n) is 14.5. The van der Waals surface area contributed by atoms with E-state index < -0.39 is 23.7 Å². The molecular formula is C19H22N2O4S. The van der Waals surface area contributed by atoms with Crippen molar-refractivity contribution in [1.29, 1.82) is 0 Å². The lowest BCUT2D eigenvalue weighted by Gasteiger charge is -2.23. The van der Waals surface area contributed by atoms with E-state index in [-0.39, 0.29) is 17.7 Å². The van der Waals surface area contributed by atoms with E-state index in [0.717, 1.165) is 19.3 Å². The second-order valence-corrected chi connectivity index (χ2v) is 8.83. The summed E-state index contributed by atoms with van der Waals surface area (Å²) >= 11 is 1.48. The molecule has 0 unspecified atom stereocenters. The van der Waals surface area contributed by atoms with Crippen LogP contribution in [0, 0.1) is 29.6 Å². The quantitative estimate of drug-likeness (QED) is 0.558. The lowest BCUT2D eigenvalue weighted by atomic mass is 9.82. The molecule has 26 heavy (non-hydrogen) atoms. The zero-order valence-corrected chi connectivity index (χ0v) is 15.3. The standard InChI is InChI=1S/C19H22N2O4S/c1-9-2-5-13-12(6-9)8-14(26-13)17(22)20-21-18(23)15-10-3-4-11(7-10)16(15)19(24)25/h3-4,8-11,15-16H,2,5-7H2,1H3,(H,20,22)(H,21,23)(H,24,25)/t9-,10+,11+,15+,16+/m1/s1. The Kier molecular flexibility index (Phi) is 4.34. The third-order valence-corrected chi connectivity index (χ3v) is 7.14. The number of aryl methyl sites for hydroxylation is 1. The highest BCUT2D eigenvalue weighted by Crippen LogP contribution is 2.48. The fraction of sp³-hybridized carbons (Fsp3) is 0.526. The van der Waals surface area contributed by atoms with Crippen LogP contribution in [0.4, 0.5) is 0 Å². The molecule has 3 aliphatic rings. The summed E-state index contributed by atoms with van der Waals surface area (Å²) < 4.78 is 0. The summed E-state index contributed by atoms with van der Waals surface area (Å²) in [6.45, 7) is 2.21. The van der Waals surface area contributed by atoms with Crippen LogP contribution < -0.4 is 10.9 Å². The van der Waals surface area contributed by atoms with E-state index in [0.29, 0.717) is 17.2 Å². The first-order valence-corrected chi connectivity index (χ1v) is 9.88. The number of thiophene rings is 1. The summed E-state index contributed by atoms with van der Waals surface area (Å²) in [5.74, 6) is -2.56. The predicted molar refractivity (Wildman–Crippen MR) is 96.5 cm³/mol. The minimum atomic E-state index is -0.951. The number of hydrogen-bond acceptors (Lipinski definition) is 4. The maximum Gasteiger partial charge on any atom is 0.307 e. The van der Waals surface area contributed by atoms with Gasteiger partial charge in [0.25, 0.3) is 5.91 Å². The van der Waals surface area contributed by atoms with Crippen molar-refractivity contribution in [2.75, 3.05) is 0 Å². The molecule has 0 spiro atoms. The molecular weight excluding hydrogens is 352 g/mol. The normalized spacial score (nSPS) is 31.5. The molecule has 0 aromatic carbocycles. The van der Waals surface area contributed by atoms with Gasteiger partial charge in [0, 0.05) is 4.88 Å². The summed E-state index contributed by atoms with van der Waals surface area (Å²) in [6.07, 6.45) is 7.63. The number of nitrogens with one attached hydrogen (secondary N) is 2. The zero-order chi connectivity index (χ0) is 18.4. The summed E-state index contributed by atoms with van der Waals surface area (Å²) in [7, 11) is 0. The topological polar surface area (TPSA) is 95.5 Å². The number of fused-ring (bicyclic) bond motifs is 3. The van der Waals surface area contributed by atoms with Crippen LogP contribution in [0.15, 0.2) is 18.2 Å². The molecule has 1 fully saturated rings. The molecule has 5 atom stereocenters. The number of carboxylic acid groups (broad SMARTS) is 1. The van der Waals surface area contributed by atoms with Gasteiger partial charge in [0.1, 0.15) is 0 Å². The average Bonchev–Trinajstić information content (AvgIpc) is 3.31. The Bertz CT molecular complexity index is 799. The number of rotatable bonds is 3. The number of allylic oxidation sites excluding steroid dienone is 2. The van der Waals surface area contributed by atoms with E-state index in [2.05, 4.69) is 17.8 Å². The van der Waals surface area contributed by atoms with Gasteiger partial charge in [0.2, 0.25) is 5.91 Å². The largest absolute Gasteiger partial charge is 0.481 e. The minimum Gasteiger partial charge on any atom is -0.481 e. The molecule has 0 radical (unpaired) electrons. The Morgan fingerprint density at radius 2 is 1.88 bits per heavy atom. The smallest absolute Gasteiger partial charge is 0.307 e. The third-order valence-electron chi connectivity index (χ3n) is 5.90. The molecule has 2 bridgehead atoms. The van der Waals surface area contributed by atoms with Crippen molar-refractivity contribution in [2.24, 2.45) is 29.6 Å². The summed E-state index contributed by atoms with van der Waals surface area (Å²) in [4.78, 5) is 38.2. The van der Waals surface area contributed by atoms with Gasteiger partial charge in [-0.2, -0.15) is 0 Å². The molecule has 138 valence electrons. The van der Waals surface area contributed by atoms with Crippen LogP contribution in [0.5, 0.6) is 0 Å². The van der Waals surface area contributed by atoms with Crippen LogP contribution in [0.25, 0.3) is 0 Å². The van der Waals surface area contributed by atoms with Crippen LogP contribution in [-0.2, 0) is 22.4 Å². The van der Waals surface area contributed by atoms with Crippen molar-refractivity contribution >= 4 is 29.1 Å². The van der Waals surface area contributed by atoms with E-state index in [1.165, 1.54) is 21.8 Å². The molecule has 4 rings (SSSR count). The Morgan fingerprint density at radius 1 is 1.15 bits per heavy atom. The van der Waals surface area contributed by atoms with Crippen LogP contribution in [0.2, 0.25) is 0 Å². The van der Waals surface area contributed by atoms with Crippen LogP contribution in [0.3, 0.4) is 0 Å². The van der Waals surface area contributed by atoms with Crippen LogP contribution in [-0.4, -0.2) is 22.9 Å². The number of carbonyl (C=O) groups is 3. The number of amides is 2. The Balaban J connectivity index is 1.40. The molecule has 0 aliphatic heterocycles. The van der Waals surface area contributed by atoms with Gasteiger partial charge in [0.15, 0.2) is 0 Å². The van der Waals surface area contributed by atoms with Gasteiger partial charge in [-0.15, -0.1) is 11.3 Å². The molecule has 6 nitrogen and oxygen atoms in total. The maximum absolute atomic E-state index is 12.5. The number of aliphatic carboxylic acids is 1. The Morgan fingerprint density at radius 3 is 2.62 bits per heavy atom. The highest BCUT2D eigenvalue weighted by atomic mass is 32.1. The number of carboxylic acids is 1. The minimum absolute atomic E-state index is 0.0615. The monoisotopic (exact) mass is 374 g/mol. The predicted octanol–water partition coefficient (Wildman–Crippen LogP) is 2.16. The second kappa shape index (κ2) is 6.54. The molecule has 3 aliphatic carbocycles. The number of hydrogen-bond donors (Lipinski definition) is 3. The Labute approximate surface area is 155 Å². The highest BCUT2D eigenvalue weighted by molar-refractivity contribution is 7.14. The van der Waals surface area contributed by atoms with E-state index in [9.17, 15) is 19.5 Å².